The summed E-state index contributed by atoms with van der Waals surface area (Å²) in [5.41, 5.74) is 1.05. The maximum atomic E-state index is 13.0. The van der Waals surface area contributed by atoms with Gasteiger partial charge in [0.15, 0.2) is 0 Å². The number of ketones is 1. The average Bonchev–Trinajstić information content (AvgIpc) is 2.62. The number of Topliss-reactive ketones (excluding diaryl/α,β-unsaturated/α-hetero) is 1. The maximum absolute atomic E-state index is 13.0. The molecule has 6 heteroatoms. The summed E-state index contributed by atoms with van der Waals surface area (Å²) in [4.78, 5) is 29.6. The van der Waals surface area contributed by atoms with Crippen LogP contribution in [0.25, 0.3) is 0 Å². The Morgan fingerprint density at radius 3 is 2.33 bits per heavy atom. The molecular formula is C18H24FN3O2. The van der Waals surface area contributed by atoms with E-state index in [2.05, 4.69) is 9.80 Å². The standard InChI is InChI=1S/C18H24FN3O2/c1-14(23)18(24)22-8-2-3-17(13-22)21-11-9-20(10-12-21)16-6-4-15(19)5-7-16/h4-7,17H,2-3,8-13H2,1H3. The number of hydrogen-bond donors (Lipinski definition) is 0. The van der Waals surface area contributed by atoms with Gasteiger partial charge in [0.05, 0.1) is 0 Å². The number of halogens is 1. The van der Waals surface area contributed by atoms with E-state index in [1.54, 1.807) is 4.90 Å². The summed E-state index contributed by atoms with van der Waals surface area (Å²) in [5, 5.41) is 0. The largest absolute Gasteiger partial charge is 0.369 e. The lowest BCUT2D eigenvalue weighted by Crippen LogP contribution is -2.56. The molecule has 2 aliphatic heterocycles. The summed E-state index contributed by atoms with van der Waals surface area (Å²) >= 11 is 0. The van der Waals surface area contributed by atoms with Crippen molar-refractivity contribution < 1.29 is 14.0 Å². The molecule has 1 unspecified atom stereocenters. The van der Waals surface area contributed by atoms with Gasteiger partial charge in [-0.2, -0.15) is 0 Å². The van der Waals surface area contributed by atoms with E-state index in [1.807, 2.05) is 12.1 Å². The predicted octanol–water partition coefficient (Wildman–Crippen LogP) is 1.53. The van der Waals surface area contributed by atoms with Gasteiger partial charge in [0, 0.05) is 57.9 Å². The van der Waals surface area contributed by atoms with Crippen molar-refractivity contribution in [1.82, 2.24) is 9.80 Å². The van der Waals surface area contributed by atoms with Gasteiger partial charge in [0.1, 0.15) is 5.82 Å². The van der Waals surface area contributed by atoms with E-state index in [4.69, 9.17) is 0 Å². The number of nitrogens with zero attached hydrogens (tertiary/aromatic N) is 3. The highest BCUT2D eigenvalue weighted by Gasteiger charge is 2.31. The van der Waals surface area contributed by atoms with Gasteiger partial charge in [-0.25, -0.2) is 4.39 Å². The Bertz CT molecular complexity index is 597. The Labute approximate surface area is 142 Å². The lowest BCUT2D eigenvalue weighted by atomic mass is 10.0. The third-order valence-corrected chi connectivity index (χ3v) is 5.01. The van der Waals surface area contributed by atoms with Gasteiger partial charge in [-0.1, -0.05) is 0 Å². The Balaban J connectivity index is 1.55. The van der Waals surface area contributed by atoms with Gasteiger partial charge in [-0.3, -0.25) is 14.5 Å². The van der Waals surface area contributed by atoms with Gasteiger partial charge in [-0.15, -0.1) is 0 Å². The summed E-state index contributed by atoms with van der Waals surface area (Å²) in [6, 6.07) is 6.96. The van der Waals surface area contributed by atoms with Crippen LogP contribution in [-0.2, 0) is 9.59 Å². The highest BCUT2D eigenvalue weighted by molar-refractivity contribution is 6.35. The van der Waals surface area contributed by atoms with E-state index in [1.165, 1.54) is 19.1 Å². The molecule has 0 aromatic heterocycles. The molecule has 0 radical (unpaired) electrons. The van der Waals surface area contributed by atoms with Gasteiger partial charge in [0.25, 0.3) is 5.91 Å². The third kappa shape index (κ3) is 3.75. The molecule has 1 atom stereocenters. The molecule has 1 aromatic carbocycles. The van der Waals surface area contributed by atoms with Crippen molar-refractivity contribution in [2.45, 2.75) is 25.8 Å². The summed E-state index contributed by atoms with van der Waals surface area (Å²) in [6.45, 7) is 6.30. The first kappa shape index (κ1) is 16.9. The minimum Gasteiger partial charge on any atom is -0.369 e. The first-order valence-corrected chi connectivity index (χ1v) is 8.59. The smallest absolute Gasteiger partial charge is 0.289 e. The molecule has 3 rings (SSSR count). The molecule has 0 aliphatic carbocycles. The number of likely N-dealkylation sites (tertiary alicyclic amines) is 1. The van der Waals surface area contributed by atoms with E-state index in [9.17, 15) is 14.0 Å². The summed E-state index contributed by atoms with van der Waals surface area (Å²) in [5.74, 6) is -0.948. The second kappa shape index (κ2) is 7.30. The number of anilines is 1. The lowest BCUT2D eigenvalue weighted by Gasteiger charge is -2.43. The number of amides is 1. The van der Waals surface area contributed by atoms with E-state index in [0.717, 1.165) is 44.7 Å². The summed E-state index contributed by atoms with van der Waals surface area (Å²) in [7, 11) is 0. The molecule has 130 valence electrons. The number of piperazine rings is 1. The van der Waals surface area contributed by atoms with Crippen LogP contribution in [0.3, 0.4) is 0 Å². The van der Waals surface area contributed by atoms with E-state index < -0.39 is 0 Å². The number of carbonyl (C=O) groups is 2. The Hall–Kier alpha value is -1.95. The molecule has 1 amide bonds. The van der Waals surface area contributed by atoms with Gasteiger partial charge < -0.3 is 9.80 Å². The fourth-order valence-corrected chi connectivity index (χ4v) is 3.66. The van der Waals surface area contributed by atoms with Crippen molar-refractivity contribution in [2.75, 3.05) is 44.2 Å². The van der Waals surface area contributed by atoms with Gasteiger partial charge >= 0.3 is 0 Å². The second-order valence-electron chi connectivity index (χ2n) is 6.60. The zero-order valence-electron chi connectivity index (χ0n) is 14.1. The van der Waals surface area contributed by atoms with E-state index >= 15 is 0 Å². The maximum Gasteiger partial charge on any atom is 0.289 e. The van der Waals surface area contributed by atoms with Crippen LogP contribution >= 0.6 is 0 Å². The summed E-state index contributed by atoms with van der Waals surface area (Å²) in [6.07, 6.45) is 2.01. The van der Waals surface area contributed by atoms with Gasteiger partial charge in [-0.05, 0) is 37.1 Å². The van der Waals surface area contributed by atoms with Crippen LogP contribution in [0, 0.1) is 5.82 Å². The van der Waals surface area contributed by atoms with Crippen LogP contribution in [0.15, 0.2) is 24.3 Å². The van der Waals surface area contributed by atoms with Crippen molar-refractivity contribution in [3.63, 3.8) is 0 Å². The third-order valence-electron chi connectivity index (χ3n) is 5.01. The predicted molar refractivity (Wildman–Crippen MR) is 90.5 cm³/mol. The van der Waals surface area contributed by atoms with Crippen molar-refractivity contribution in [3.8, 4) is 0 Å². The van der Waals surface area contributed by atoms with Crippen molar-refractivity contribution in [2.24, 2.45) is 0 Å². The molecule has 2 saturated heterocycles. The SMILES string of the molecule is CC(=O)C(=O)N1CCCC(N2CCN(c3ccc(F)cc3)CC2)C1. The molecule has 0 N–H and O–H groups in total. The second-order valence-corrected chi connectivity index (χ2v) is 6.60. The number of hydrogen-bond acceptors (Lipinski definition) is 4. The quantitative estimate of drug-likeness (QED) is 0.787. The molecule has 0 spiro atoms. The first-order valence-electron chi connectivity index (χ1n) is 8.59. The number of benzene rings is 1. The normalized spacial score (nSPS) is 22.5. The molecular weight excluding hydrogens is 309 g/mol. The zero-order chi connectivity index (χ0) is 17.1. The monoisotopic (exact) mass is 333 g/mol. The molecule has 1 aromatic rings. The zero-order valence-corrected chi connectivity index (χ0v) is 14.1. The van der Waals surface area contributed by atoms with E-state index in [-0.39, 0.29) is 17.5 Å². The Morgan fingerprint density at radius 2 is 1.71 bits per heavy atom. The molecule has 0 bridgehead atoms. The molecule has 24 heavy (non-hydrogen) atoms. The van der Waals surface area contributed by atoms with Crippen molar-refractivity contribution in [3.05, 3.63) is 30.1 Å². The van der Waals surface area contributed by atoms with Crippen LogP contribution in [0.5, 0.6) is 0 Å². The highest BCUT2D eigenvalue weighted by Crippen LogP contribution is 2.21. The number of carbonyl (C=O) groups excluding carboxylic acids is 2. The fraction of sp³-hybridized carbons (Fsp3) is 0.556. The van der Waals surface area contributed by atoms with Crippen molar-refractivity contribution in [1.29, 1.82) is 0 Å². The number of rotatable bonds is 3. The van der Waals surface area contributed by atoms with Crippen LogP contribution in [-0.4, -0.2) is 66.8 Å². The molecule has 2 heterocycles. The van der Waals surface area contributed by atoms with E-state index in [0.29, 0.717) is 19.1 Å². The van der Waals surface area contributed by atoms with Crippen LogP contribution in [0.2, 0.25) is 0 Å². The van der Waals surface area contributed by atoms with Crippen LogP contribution in [0.1, 0.15) is 19.8 Å². The molecule has 5 nitrogen and oxygen atoms in total. The minimum absolute atomic E-state index is 0.213. The number of piperidine rings is 1. The average molecular weight is 333 g/mol. The minimum atomic E-state index is -0.378. The molecule has 2 aliphatic rings. The Morgan fingerprint density at radius 1 is 1.04 bits per heavy atom. The summed E-state index contributed by atoms with van der Waals surface area (Å²) < 4.78 is 13.0. The molecule has 2 fully saturated rings. The highest BCUT2D eigenvalue weighted by atomic mass is 19.1. The lowest BCUT2D eigenvalue weighted by molar-refractivity contribution is -0.145. The fourth-order valence-electron chi connectivity index (χ4n) is 3.66. The molecule has 0 saturated carbocycles. The van der Waals surface area contributed by atoms with Crippen LogP contribution < -0.4 is 4.90 Å². The topological polar surface area (TPSA) is 43.9 Å². The Kier molecular flexibility index (Phi) is 5.14. The van der Waals surface area contributed by atoms with Crippen LogP contribution in [0.4, 0.5) is 10.1 Å². The first-order chi connectivity index (χ1) is 11.5. The van der Waals surface area contributed by atoms with Crippen molar-refractivity contribution >= 4 is 17.4 Å². The van der Waals surface area contributed by atoms with Gasteiger partial charge in [0.2, 0.25) is 5.78 Å².